The van der Waals surface area contributed by atoms with E-state index in [0.29, 0.717) is 19.7 Å². The molecule has 5 heteroatoms. The molecule has 0 spiro atoms. The smallest absolute Gasteiger partial charge is 0.0694 e. The van der Waals surface area contributed by atoms with Crippen LogP contribution in [-0.2, 0) is 11.3 Å². The number of alkyl halides is 1. The van der Waals surface area contributed by atoms with Gasteiger partial charge in [0.05, 0.1) is 12.0 Å². The Hall–Kier alpha value is 0.200. The third-order valence-corrected chi connectivity index (χ3v) is 3.17. The fourth-order valence-electron chi connectivity index (χ4n) is 1.27. The maximum absolute atomic E-state index is 6.08. The largest absolute Gasteiger partial charge is 0.383 e. The highest BCUT2D eigenvalue weighted by molar-refractivity contribution is 9.10. The zero-order chi connectivity index (χ0) is 12.0. The Morgan fingerprint density at radius 2 is 2.25 bits per heavy atom. The Morgan fingerprint density at radius 1 is 1.50 bits per heavy atom. The SMILES string of the molecule is COCC(Cl)CNCc1ccc(Br)cc1Cl. The molecular formula is C11H14BrCl2NO. The Balaban J connectivity index is 2.37. The zero-order valence-electron chi connectivity index (χ0n) is 8.97. The molecule has 0 aliphatic carbocycles. The van der Waals surface area contributed by atoms with Gasteiger partial charge < -0.3 is 10.1 Å². The predicted molar refractivity (Wildman–Crippen MR) is 72.4 cm³/mol. The topological polar surface area (TPSA) is 21.3 Å². The third kappa shape index (κ3) is 5.02. The molecule has 1 rings (SSSR count). The minimum atomic E-state index is -0.0146. The first-order valence-corrected chi connectivity index (χ1v) is 6.52. The first-order chi connectivity index (χ1) is 7.63. The van der Waals surface area contributed by atoms with E-state index in [0.717, 1.165) is 15.1 Å². The van der Waals surface area contributed by atoms with E-state index in [1.807, 2.05) is 18.2 Å². The second-order valence-electron chi connectivity index (χ2n) is 3.42. The van der Waals surface area contributed by atoms with Crippen molar-refractivity contribution in [1.29, 1.82) is 0 Å². The summed E-state index contributed by atoms with van der Waals surface area (Å²) < 4.78 is 5.92. The van der Waals surface area contributed by atoms with E-state index in [2.05, 4.69) is 21.2 Å². The zero-order valence-corrected chi connectivity index (χ0v) is 12.1. The van der Waals surface area contributed by atoms with Crippen molar-refractivity contribution in [2.75, 3.05) is 20.3 Å². The average molecular weight is 327 g/mol. The van der Waals surface area contributed by atoms with Crippen LogP contribution in [0.4, 0.5) is 0 Å². The van der Waals surface area contributed by atoms with E-state index in [1.54, 1.807) is 7.11 Å². The minimum Gasteiger partial charge on any atom is -0.383 e. The van der Waals surface area contributed by atoms with Crippen LogP contribution in [0.3, 0.4) is 0 Å². The minimum absolute atomic E-state index is 0.0146. The van der Waals surface area contributed by atoms with Crippen molar-refractivity contribution in [2.45, 2.75) is 11.9 Å². The highest BCUT2D eigenvalue weighted by Crippen LogP contribution is 2.21. The van der Waals surface area contributed by atoms with Gasteiger partial charge in [-0.05, 0) is 17.7 Å². The van der Waals surface area contributed by atoms with Crippen LogP contribution in [0.2, 0.25) is 5.02 Å². The summed E-state index contributed by atoms with van der Waals surface area (Å²) in [6.45, 7) is 1.95. The molecule has 90 valence electrons. The summed E-state index contributed by atoms with van der Waals surface area (Å²) in [5.74, 6) is 0. The molecule has 0 bridgehead atoms. The molecule has 0 aromatic heterocycles. The van der Waals surface area contributed by atoms with Crippen LogP contribution in [0, 0.1) is 0 Å². The van der Waals surface area contributed by atoms with Crippen LogP contribution >= 0.6 is 39.1 Å². The molecule has 0 amide bonds. The van der Waals surface area contributed by atoms with Crippen molar-refractivity contribution in [3.8, 4) is 0 Å². The van der Waals surface area contributed by atoms with Gasteiger partial charge in [-0.1, -0.05) is 33.6 Å². The molecule has 0 heterocycles. The molecule has 1 aromatic carbocycles. The van der Waals surface area contributed by atoms with Gasteiger partial charge in [-0.3, -0.25) is 0 Å². The average Bonchev–Trinajstić information content (AvgIpc) is 2.22. The molecule has 0 radical (unpaired) electrons. The second kappa shape index (κ2) is 7.51. The fraction of sp³-hybridized carbons (Fsp3) is 0.455. The van der Waals surface area contributed by atoms with Crippen molar-refractivity contribution >= 4 is 39.1 Å². The third-order valence-electron chi connectivity index (χ3n) is 2.04. The summed E-state index contributed by atoms with van der Waals surface area (Å²) in [5, 5.41) is 3.97. The lowest BCUT2D eigenvalue weighted by Gasteiger charge is -2.10. The van der Waals surface area contributed by atoms with Crippen LogP contribution in [0.25, 0.3) is 0 Å². The van der Waals surface area contributed by atoms with Gasteiger partial charge in [0.1, 0.15) is 0 Å². The van der Waals surface area contributed by atoms with Crippen molar-refractivity contribution < 1.29 is 4.74 Å². The summed E-state index contributed by atoms with van der Waals surface area (Å²) in [6, 6.07) is 5.83. The van der Waals surface area contributed by atoms with Crippen LogP contribution in [-0.4, -0.2) is 25.6 Å². The van der Waals surface area contributed by atoms with Gasteiger partial charge in [-0.15, -0.1) is 11.6 Å². The van der Waals surface area contributed by atoms with Gasteiger partial charge in [-0.25, -0.2) is 0 Å². The molecule has 1 N–H and O–H groups in total. The van der Waals surface area contributed by atoms with Crippen molar-refractivity contribution in [3.05, 3.63) is 33.3 Å². The number of nitrogens with one attached hydrogen (secondary N) is 1. The summed E-state index contributed by atoms with van der Waals surface area (Å²) in [4.78, 5) is 0. The first kappa shape index (κ1) is 14.3. The molecule has 1 aromatic rings. The monoisotopic (exact) mass is 325 g/mol. The van der Waals surface area contributed by atoms with Crippen molar-refractivity contribution in [3.63, 3.8) is 0 Å². The van der Waals surface area contributed by atoms with Crippen LogP contribution < -0.4 is 5.32 Å². The summed E-state index contributed by atoms with van der Waals surface area (Å²) >= 11 is 15.4. The van der Waals surface area contributed by atoms with Crippen molar-refractivity contribution in [2.24, 2.45) is 0 Å². The molecule has 16 heavy (non-hydrogen) atoms. The van der Waals surface area contributed by atoms with E-state index in [4.69, 9.17) is 27.9 Å². The molecular weight excluding hydrogens is 313 g/mol. The quantitative estimate of drug-likeness (QED) is 0.808. The van der Waals surface area contributed by atoms with Gasteiger partial charge >= 0.3 is 0 Å². The van der Waals surface area contributed by atoms with Crippen molar-refractivity contribution in [1.82, 2.24) is 5.32 Å². The number of benzene rings is 1. The Morgan fingerprint density at radius 3 is 2.88 bits per heavy atom. The molecule has 0 aliphatic heterocycles. The molecule has 1 atom stereocenters. The van der Waals surface area contributed by atoms with Gasteiger partial charge in [0.15, 0.2) is 0 Å². The maximum atomic E-state index is 6.08. The Bertz CT molecular complexity index is 336. The molecule has 0 saturated carbocycles. The van der Waals surface area contributed by atoms with Gasteiger partial charge in [-0.2, -0.15) is 0 Å². The molecule has 2 nitrogen and oxygen atoms in total. The molecule has 0 aliphatic rings. The van der Waals surface area contributed by atoms with E-state index in [-0.39, 0.29) is 5.38 Å². The summed E-state index contributed by atoms with van der Waals surface area (Å²) in [6.07, 6.45) is 0. The lowest BCUT2D eigenvalue weighted by atomic mass is 10.2. The maximum Gasteiger partial charge on any atom is 0.0694 e. The predicted octanol–water partition coefficient (Wildman–Crippen LogP) is 3.45. The molecule has 0 fully saturated rings. The summed E-state index contributed by atoms with van der Waals surface area (Å²) in [5.41, 5.74) is 1.06. The molecule has 0 saturated heterocycles. The number of rotatable bonds is 6. The number of hydrogen-bond donors (Lipinski definition) is 1. The van der Waals surface area contributed by atoms with Gasteiger partial charge in [0, 0.05) is 29.7 Å². The lowest BCUT2D eigenvalue weighted by molar-refractivity contribution is 0.197. The second-order valence-corrected chi connectivity index (χ2v) is 5.36. The standard InChI is InChI=1S/C11H14BrCl2NO/c1-16-7-10(13)6-15-5-8-2-3-9(12)4-11(8)14/h2-4,10,15H,5-7H2,1H3. The summed E-state index contributed by atoms with van der Waals surface area (Å²) in [7, 11) is 1.64. The number of halogens is 3. The lowest BCUT2D eigenvalue weighted by Crippen LogP contribution is -2.25. The highest BCUT2D eigenvalue weighted by atomic mass is 79.9. The fourth-order valence-corrected chi connectivity index (χ4v) is 2.24. The number of hydrogen-bond acceptors (Lipinski definition) is 2. The van der Waals surface area contributed by atoms with Crippen LogP contribution in [0.15, 0.2) is 22.7 Å². The van der Waals surface area contributed by atoms with Crippen LogP contribution in [0.1, 0.15) is 5.56 Å². The number of ether oxygens (including phenoxy) is 1. The number of methoxy groups -OCH3 is 1. The Kier molecular flexibility index (Phi) is 6.70. The van der Waals surface area contributed by atoms with E-state index in [9.17, 15) is 0 Å². The molecule has 1 unspecified atom stereocenters. The highest BCUT2D eigenvalue weighted by Gasteiger charge is 2.04. The van der Waals surface area contributed by atoms with E-state index >= 15 is 0 Å². The normalized spacial score (nSPS) is 12.8. The van der Waals surface area contributed by atoms with Gasteiger partial charge in [0.25, 0.3) is 0 Å². The van der Waals surface area contributed by atoms with Gasteiger partial charge in [0.2, 0.25) is 0 Å². The first-order valence-electron chi connectivity index (χ1n) is 4.91. The van der Waals surface area contributed by atoms with Crippen LogP contribution in [0.5, 0.6) is 0 Å². The Labute approximate surface area is 114 Å². The van der Waals surface area contributed by atoms with E-state index < -0.39 is 0 Å². The van der Waals surface area contributed by atoms with E-state index in [1.165, 1.54) is 0 Å².